The fraction of sp³-hybridized carbons (Fsp3) is 0.333. The fourth-order valence-electron chi connectivity index (χ4n) is 2.81. The Hall–Kier alpha value is -1.48. The molecule has 0 aliphatic heterocycles. The minimum Gasteiger partial charge on any atom is -0.497 e. The molecule has 110 valence electrons. The topological polar surface area (TPSA) is 21.3 Å². The molecular weight excluding hydrogens is 326 g/mol. The molecule has 1 saturated carbocycles. The van der Waals surface area contributed by atoms with Crippen LogP contribution >= 0.6 is 15.9 Å². The highest BCUT2D eigenvalue weighted by molar-refractivity contribution is 9.10. The van der Waals surface area contributed by atoms with Gasteiger partial charge in [0.1, 0.15) is 5.75 Å². The van der Waals surface area contributed by atoms with Crippen LogP contribution in [-0.2, 0) is 0 Å². The summed E-state index contributed by atoms with van der Waals surface area (Å²) in [5.74, 6) is 1.57. The summed E-state index contributed by atoms with van der Waals surface area (Å²) in [6.07, 6.45) is 2.37. The van der Waals surface area contributed by atoms with Gasteiger partial charge in [-0.05, 0) is 59.3 Å². The third-order valence-electron chi connectivity index (χ3n) is 4.22. The van der Waals surface area contributed by atoms with Gasteiger partial charge in [0.15, 0.2) is 0 Å². The first-order valence-electron chi connectivity index (χ1n) is 7.32. The van der Waals surface area contributed by atoms with Gasteiger partial charge >= 0.3 is 0 Å². The molecule has 0 unspecified atom stereocenters. The summed E-state index contributed by atoms with van der Waals surface area (Å²) in [6.45, 7) is 2.13. The minimum atomic E-state index is 0.541. The number of aryl methyl sites for hydroxylation is 1. The Bertz CT molecular complexity index is 618. The Labute approximate surface area is 134 Å². The van der Waals surface area contributed by atoms with Crippen molar-refractivity contribution in [2.75, 3.05) is 12.4 Å². The number of hydrogen-bond acceptors (Lipinski definition) is 2. The van der Waals surface area contributed by atoms with Crippen LogP contribution in [0, 0.1) is 6.92 Å². The SMILES string of the molecule is COc1ccc(Br)c(NC2CC(c3ccc(C)cc3)C2)c1. The molecule has 0 atom stereocenters. The van der Waals surface area contributed by atoms with E-state index in [-0.39, 0.29) is 0 Å². The van der Waals surface area contributed by atoms with Crippen LogP contribution in [-0.4, -0.2) is 13.2 Å². The quantitative estimate of drug-likeness (QED) is 0.829. The van der Waals surface area contributed by atoms with Crippen molar-refractivity contribution in [1.82, 2.24) is 0 Å². The van der Waals surface area contributed by atoms with Crippen molar-refractivity contribution in [2.24, 2.45) is 0 Å². The van der Waals surface area contributed by atoms with Gasteiger partial charge in [0.05, 0.1) is 12.8 Å². The smallest absolute Gasteiger partial charge is 0.121 e. The zero-order valence-corrected chi connectivity index (χ0v) is 14.0. The van der Waals surface area contributed by atoms with E-state index in [1.165, 1.54) is 24.0 Å². The normalized spacial score (nSPS) is 20.7. The Morgan fingerprint density at radius 3 is 2.48 bits per heavy atom. The van der Waals surface area contributed by atoms with Crippen LogP contribution in [0.25, 0.3) is 0 Å². The second-order valence-corrected chi connectivity index (χ2v) is 6.62. The molecule has 2 aromatic rings. The predicted molar refractivity (Wildman–Crippen MR) is 91.3 cm³/mol. The lowest BCUT2D eigenvalue weighted by Gasteiger charge is -2.37. The molecule has 0 bridgehead atoms. The van der Waals surface area contributed by atoms with Crippen molar-refractivity contribution < 1.29 is 4.74 Å². The van der Waals surface area contributed by atoms with Gasteiger partial charge in [-0.3, -0.25) is 0 Å². The number of ether oxygens (including phenoxy) is 1. The Morgan fingerprint density at radius 1 is 1.10 bits per heavy atom. The largest absolute Gasteiger partial charge is 0.497 e. The zero-order valence-electron chi connectivity index (χ0n) is 12.4. The Balaban J connectivity index is 1.61. The van der Waals surface area contributed by atoms with E-state index in [2.05, 4.69) is 52.4 Å². The number of rotatable bonds is 4. The van der Waals surface area contributed by atoms with Crippen molar-refractivity contribution in [3.8, 4) is 5.75 Å². The highest BCUT2D eigenvalue weighted by Crippen LogP contribution is 2.40. The van der Waals surface area contributed by atoms with Gasteiger partial charge in [0.2, 0.25) is 0 Å². The van der Waals surface area contributed by atoms with Gasteiger partial charge in [0, 0.05) is 16.6 Å². The number of methoxy groups -OCH3 is 1. The van der Waals surface area contributed by atoms with Crippen LogP contribution in [0.2, 0.25) is 0 Å². The van der Waals surface area contributed by atoms with Gasteiger partial charge in [-0.1, -0.05) is 29.8 Å². The maximum absolute atomic E-state index is 5.28. The second-order valence-electron chi connectivity index (χ2n) is 5.77. The number of halogens is 1. The molecule has 2 nitrogen and oxygen atoms in total. The summed E-state index contributed by atoms with van der Waals surface area (Å²) in [5, 5.41) is 3.61. The molecule has 3 rings (SSSR count). The van der Waals surface area contributed by atoms with Crippen LogP contribution in [0.3, 0.4) is 0 Å². The molecule has 0 radical (unpaired) electrons. The van der Waals surface area contributed by atoms with Gasteiger partial charge in [-0.2, -0.15) is 0 Å². The first kappa shape index (κ1) is 14.5. The number of nitrogens with one attached hydrogen (secondary N) is 1. The third kappa shape index (κ3) is 3.24. The summed E-state index contributed by atoms with van der Waals surface area (Å²) in [5.41, 5.74) is 3.90. The van der Waals surface area contributed by atoms with E-state index in [0.29, 0.717) is 12.0 Å². The highest BCUT2D eigenvalue weighted by atomic mass is 79.9. The molecule has 0 aromatic heterocycles. The van der Waals surface area contributed by atoms with E-state index in [1.54, 1.807) is 7.11 Å². The predicted octanol–water partition coefficient (Wildman–Crippen LogP) is 5.12. The van der Waals surface area contributed by atoms with E-state index in [1.807, 2.05) is 18.2 Å². The van der Waals surface area contributed by atoms with Crippen LogP contribution in [0.5, 0.6) is 5.75 Å². The molecule has 21 heavy (non-hydrogen) atoms. The van der Waals surface area contributed by atoms with Gasteiger partial charge in [-0.15, -0.1) is 0 Å². The van der Waals surface area contributed by atoms with Crippen molar-refractivity contribution in [2.45, 2.75) is 31.7 Å². The third-order valence-corrected chi connectivity index (χ3v) is 4.91. The number of benzene rings is 2. The fourth-order valence-corrected chi connectivity index (χ4v) is 3.17. The molecule has 0 heterocycles. The molecule has 0 spiro atoms. The van der Waals surface area contributed by atoms with E-state index < -0.39 is 0 Å². The molecule has 0 amide bonds. The van der Waals surface area contributed by atoms with E-state index in [0.717, 1.165) is 15.9 Å². The van der Waals surface area contributed by atoms with E-state index in [9.17, 15) is 0 Å². The molecular formula is C18H20BrNO. The summed E-state index contributed by atoms with van der Waals surface area (Å²) in [6, 6.07) is 15.5. The summed E-state index contributed by atoms with van der Waals surface area (Å²) in [4.78, 5) is 0. The average Bonchev–Trinajstić information content (AvgIpc) is 2.45. The van der Waals surface area contributed by atoms with Crippen LogP contribution in [0.1, 0.15) is 29.9 Å². The summed E-state index contributed by atoms with van der Waals surface area (Å²) >= 11 is 3.59. The lowest BCUT2D eigenvalue weighted by Crippen LogP contribution is -2.34. The van der Waals surface area contributed by atoms with Crippen LogP contribution < -0.4 is 10.1 Å². The van der Waals surface area contributed by atoms with Crippen molar-refractivity contribution in [3.05, 3.63) is 58.1 Å². The van der Waals surface area contributed by atoms with Crippen molar-refractivity contribution in [1.29, 1.82) is 0 Å². The van der Waals surface area contributed by atoms with Gasteiger partial charge < -0.3 is 10.1 Å². The minimum absolute atomic E-state index is 0.541. The lowest BCUT2D eigenvalue weighted by atomic mass is 9.75. The Kier molecular flexibility index (Phi) is 4.20. The lowest BCUT2D eigenvalue weighted by molar-refractivity contribution is 0.373. The molecule has 1 aliphatic carbocycles. The number of hydrogen-bond donors (Lipinski definition) is 1. The van der Waals surface area contributed by atoms with Crippen molar-refractivity contribution in [3.63, 3.8) is 0 Å². The van der Waals surface area contributed by atoms with Crippen LogP contribution in [0.15, 0.2) is 46.9 Å². The van der Waals surface area contributed by atoms with Crippen LogP contribution in [0.4, 0.5) is 5.69 Å². The summed E-state index contributed by atoms with van der Waals surface area (Å²) < 4.78 is 6.37. The first-order valence-corrected chi connectivity index (χ1v) is 8.11. The molecule has 0 saturated heterocycles. The molecule has 2 aromatic carbocycles. The molecule has 1 aliphatic rings. The Morgan fingerprint density at radius 2 is 1.81 bits per heavy atom. The second kappa shape index (κ2) is 6.10. The highest BCUT2D eigenvalue weighted by Gasteiger charge is 2.30. The molecule has 1 fully saturated rings. The molecule has 1 N–H and O–H groups in total. The standard InChI is InChI=1S/C18H20BrNO/c1-12-3-5-13(6-4-12)14-9-15(10-14)20-18-11-16(21-2)7-8-17(18)19/h3-8,11,14-15,20H,9-10H2,1-2H3. The van der Waals surface area contributed by atoms with E-state index >= 15 is 0 Å². The van der Waals surface area contributed by atoms with Gasteiger partial charge in [0.25, 0.3) is 0 Å². The maximum Gasteiger partial charge on any atom is 0.121 e. The van der Waals surface area contributed by atoms with E-state index in [4.69, 9.17) is 4.74 Å². The summed E-state index contributed by atoms with van der Waals surface area (Å²) in [7, 11) is 1.70. The van der Waals surface area contributed by atoms with Gasteiger partial charge in [-0.25, -0.2) is 0 Å². The maximum atomic E-state index is 5.28. The average molecular weight is 346 g/mol. The zero-order chi connectivity index (χ0) is 14.8. The first-order chi connectivity index (χ1) is 10.2. The monoisotopic (exact) mass is 345 g/mol. The van der Waals surface area contributed by atoms with Crippen molar-refractivity contribution >= 4 is 21.6 Å². The number of anilines is 1. The molecule has 3 heteroatoms.